The highest BCUT2D eigenvalue weighted by molar-refractivity contribution is 6.11. The van der Waals surface area contributed by atoms with Crippen LogP contribution in [-0.2, 0) is 11.3 Å². The summed E-state index contributed by atoms with van der Waals surface area (Å²) in [6, 6.07) is 15.6. The first-order valence-corrected chi connectivity index (χ1v) is 6.59. The number of aromatic nitrogens is 1. The number of nitrogens with zero attached hydrogens (tertiary/aromatic N) is 2. The zero-order valence-corrected chi connectivity index (χ0v) is 11.5. The molecular formula is C16H18N2O2. The predicted octanol–water partition coefficient (Wildman–Crippen LogP) is 2.41. The van der Waals surface area contributed by atoms with Gasteiger partial charge >= 0.3 is 0 Å². The summed E-state index contributed by atoms with van der Waals surface area (Å²) in [5, 5.41) is 13.0. The van der Waals surface area contributed by atoms with Gasteiger partial charge in [0.1, 0.15) is 12.8 Å². The minimum Gasteiger partial charge on any atom is -0.399 e. The second kappa shape index (κ2) is 7.40. The standard InChI is InChI=1S/C16H18N2O2/c1-20-18-16(13-7-3-2-4-8-13)15-11-5-9-14(17-15)10-6-12-19/h2-5,7-9,11,19H,6,10,12H2,1H3. The molecule has 20 heavy (non-hydrogen) atoms. The van der Waals surface area contributed by atoms with Gasteiger partial charge in [0.2, 0.25) is 0 Å². The maximum absolute atomic E-state index is 8.90. The van der Waals surface area contributed by atoms with Crippen LogP contribution in [0.2, 0.25) is 0 Å². The lowest BCUT2D eigenvalue weighted by Crippen LogP contribution is -2.08. The Morgan fingerprint density at radius 2 is 1.95 bits per heavy atom. The monoisotopic (exact) mass is 270 g/mol. The van der Waals surface area contributed by atoms with Gasteiger partial charge in [-0.1, -0.05) is 41.6 Å². The summed E-state index contributed by atoms with van der Waals surface area (Å²) < 4.78 is 0. The van der Waals surface area contributed by atoms with Gasteiger partial charge in [-0.2, -0.15) is 0 Å². The minimum atomic E-state index is 0.170. The summed E-state index contributed by atoms with van der Waals surface area (Å²) in [6.07, 6.45) is 1.46. The van der Waals surface area contributed by atoms with Crippen molar-refractivity contribution < 1.29 is 9.94 Å². The zero-order chi connectivity index (χ0) is 14.2. The van der Waals surface area contributed by atoms with Gasteiger partial charge in [-0.15, -0.1) is 0 Å². The van der Waals surface area contributed by atoms with Gasteiger partial charge in [-0.3, -0.25) is 4.98 Å². The van der Waals surface area contributed by atoms with E-state index in [2.05, 4.69) is 10.1 Å². The van der Waals surface area contributed by atoms with Crippen molar-refractivity contribution in [3.63, 3.8) is 0 Å². The molecule has 0 unspecified atom stereocenters. The summed E-state index contributed by atoms with van der Waals surface area (Å²) in [4.78, 5) is 9.53. The van der Waals surface area contributed by atoms with Gasteiger partial charge in [-0.25, -0.2) is 0 Å². The molecule has 2 rings (SSSR count). The van der Waals surface area contributed by atoms with Crippen molar-refractivity contribution in [2.75, 3.05) is 13.7 Å². The topological polar surface area (TPSA) is 54.7 Å². The number of oxime groups is 1. The summed E-state index contributed by atoms with van der Waals surface area (Å²) >= 11 is 0. The average molecular weight is 270 g/mol. The van der Waals surface area contributed by atoms with Gasteiger partial charge in [0.15, 0.2) is 0 Å². The van der Waals surface area contributed by atoms with Gasteiger partial charge in [-0.05, 0) is 25.0 Å². The second-order valence-electron chi connectivity index (χ2n) is 4.33. The van der Waals surface area contributed by atoms with Crippen molar-refractivity contribution in [3.8, 4) is 0 Å². The fraction of sp³-hybridized carbons (Fsp3) is 0.250. The van der Waals surface area contributed by atoms with Gasteiger partial charge in [0, 0.05) is 17.9 Å². The third kappa shape index (κ3) is 3.65. The number of pyridine rings is 1. The Morgan fingerprint density at radius 3 is 2.65 bits per heavy atom. The van der Waals surface area contributed by atoms with Crippen LogP contribution in [0.4, 0.5) is 0 Å². The van der Waals surface area contributed by atoms with Crippen LogP contribution in [0, 0.1) is 0 Å². The Kier molecular flexibility index (Phi) is 5.26. The third-order valence-electron chi connectivity index (χ3n) is 2.87. The van der Waals surface area contributed by atoms with Gasteiger partial charge in [0.25, 0.3) is 0 Å². The van der Waals surface area contributed by atoms with Gasteiger partial charge in [0.05, 0.1) is 5.69 Å². The highest BCUT2D eigenvalue weighted by atomic mass is 16.6. The molecule has 0 amide bonds. The summed E-state index contributed by atoms with van der Waals surface area (Å²) in [5.41, 5.74) is 3.38. The smallest absolute Gasteiger partial charge is 0.135 e. The average Bonchev–Trinajstić information content (AvgIpc) is 2.52. The molecule has 4 heteroatoms. The molecule has 0 radical (unpaired) electrons. The molecule has 4 nitrogen and oxygen atoms in total. The molecule has 1 N–H and O–H groups in total. The SMILES string of the molecule is CON=C(c1ccccc1)c1cccc(CCCO)n1. The van der Waals surface area contributed by atoms with E-state index in [-0.39, 0.29) is 6.61 Å². The quantitative estimate of drug-likeness (QED) is 0.648. The summed E-state index contributed by atoms with van der Waals surface area (Å²) in [5.74, 6) is 0. The lowest BCUT2D eigenvalue weighted by Gasteiger charge is -2.07. The minimum absolute atomic E-state index is 0.170. The molecule has 0 spiro atoms. The van der Waals surface area contributed by atoms with Crippen LogP contribution in [0.1, 0.15) is 23.4 Å². The molecular weight excluding hydrogens is 252 g/mol. The van der Waals surface area contributed by atoms with Crippen LogP contribution in [0.3, 0.4) is 0 Å². The number of hydrogen-bond acceptors (Lipinski definition) is 4. The fourth-order valence-corrected chi connectivity index (χ4v) is 1.95. The molecule has 0 aliphatic carbocycles. The van der Waals surface area contributed by atoms with E-state index in [1.165, 1.54) is 7.11 Å². The first-order valence-electron chi connectivity index (χ1n) is 6.59. The molecule has 2 aromatic rings. The maximum atomic E-state index is 8.90. The number of hydrogen-bond donors (Lipinski definition) is 1. The lowest BCUT2D eigenvalue weighted by molar-refractivity contribution is 0.214. The largest absolute Gasteiger partial charge is 0.399 e. The van der Waals surface area contributed by atoms with E-state index in [1.807, 2.05) is 48.5 Å². The van der Waals surface area contributed by atoms with Crippen molar-refractivity contribution in [2.24, 2.45) is 5.16 Å². The van der Waals surface area contributed by atoms with Crippen molar-refractivity contribution >= 4 is 5.71 Å². The third-order valence-corrected chi connectivity index (χ3v) is 2.87. The van der Waals surface area contributed by atoms with Crippen molar-refractivity contribution in [1.82, 2.24) is 4.98 Å². The predicted molar refractivity (Wildman–Crippen MR) is 78.7 cm³/mol. The highest BCUT2D eigenvalue weighted by Crippen LogP contribution is 2.11. The maximum Gasteiger partial charge on any atom is 0.135 e. The summed E-state index contributed by atoms with van der Waals surface area (Å²) in [7, 11) is 1.53. The van der Waals surface area contributed by atoms with Crippen LogP contribution in [0.5, 0.6) is 0 Å². The Labute approximate surface area is 118 Å². The Hall–Kier alpha value is -2.20. The van der Waals surface area contributed by atoms with Crippen LogP contribution in [0.15, 0.2) is 53.7 Å². The molecule has 0 fully saturated rings. The number of rotatable bonds is 6. The van der Waals surface area contributed by atoms with Crippen molar-refractivity contribution in [2.45, 2.75) is 12.8 Å². The normalized spacial score (nSPS) is 11.4. The Bertz CT molecular complexity index is 568. The molecule has 0 saturated carbocycles. The van der Waals surface area contributed by atoms with E-state index in [9.17, 15) is 0 Å². The molecule has 104 valence electrons. The van der Waals surface area contributed by atoms with Crippen molar-refractivity contribution in [3.05, 3.63) is 65.5 Å². The van der Waals surface area contributed by atoms with E-state index in [1.54, 1.807) is 0 Å². The van der Waals surface area contributed by atoms with Crippen LogP contribution < -0.4 is 0 Å². The first kappa shape index (κ1) is 14.2. The molecule has 1 heterocycles. The Morgan fingerprint density at radius 1 is 1.15 bits per heavy atom. The van der Waals surface area contributed by atoms with Gasteiger partial charge < -0.3 is 9.94 Å². The molecule has 0 aliphatic rings. The summed E-state index contributed by atoms with van der Waals surface area (Å²) in [6.45, 7) is 0.170. The zero-order valence-electron chi connectivity index (χ0n) is 11.5. The molecule has 1 aromatic heterocycles. The number of benzene rings is 1. The van der Waals surface area contributed by atoms with E-state index < -0.39 is 0 Å². The highest BCUT2D eigenvalue weighted by Gasteiger charge is 2.09. The van der Waals surface area contributed by atoms with E-state index in [0.717, 1.165) is 23.4 Å². The van der Waals surface area contributed by atoms with Crippen LogP contribution in [0.25, 0.3) is 0 Å². The number of aliphatic hydroxyl groups excluding tert-OH is 1. The fourth-order valence-electron chi connectivity index (χ4n) is 1.95. The van der Waals surface area contributed by atoms with E-state index in [4.69, 9.17) is 9.94 Å². The molecule has 0 atom stereocenters. The first-order chi connectivity index (χ1) is 9.85. The molecule has 0 aliphatic heterocycles. The number of aryl methyl sites for hydroxylation is 1. The van der Waals surface area contributed by atoms with E-state index in [0.29, 0.717) is 12.1 Å². The Balaban J connectivity index is 2.33. The molecule has 0 saturated heterocycles. The van der Waals surface area contributed by atoms with Crippen LogP contribution >= 0.6 is 0 Å². The molecule has 1 aromatic carbocycles. The molecule has 0 bridgehead atoms. The van der Waals surface area contributed by atoms with Crippen molar-refractivity contribution in [1.29, 1.82) is 0 Å². The number of aliphatic hydroxyl groups is 1. The lowest BCUT2D eigenvalue weighted by atomic mass is 10.1. The van der Waals surface area contributed by atoms with E-state index >= 15 is 0 Å². The van der Waals surface area contributed by atoms with Crippen LogP contribution in [-0.4, -0.2) is 29.5 Å². The second-order valence-corrected chi connectivity index (χ2v) is 4.33.